The van der Waals surface area contributed by atoms with E-state index in [9.17, 15) is 4.79 Å². The van der Waals surface area contributed by atoms with Crippen LogP contribution in [0.2, 0.25) is 0 Å². The van der Waals surface area contributed by atoms with Gasteiger partial charge in [-0.1, -0.05) is 12.1 Å². The minimum absolute atomic E-state index is 0.0584. The molecule has 110 valence electrons. The number of carbonyl (C=O) groups is 1. The fraction of sp³-hybridized carbons (Fsp3) is 0.312. The molecule has 1 aromatic heterocycles. The monoisotopic (exact) mass is 347 g/mol. The molecular weight excluding hydrogens is 330 g/mol. The number of likely N-dealkylation sites (N-methyl/N-ethyl adjacent to an activating group) is 1. The molecular formula is C16H18BrN3O. The number of para-hydroxylation sites is 2. The third-order valence-electron chi connectivity index (χ3n) is 3.91. The number of hydrogen-bond donors (Lipinski definition) is 0. The van der Waals surface area contributed by atoms with Crippen LogP contribution in [0, 0.1) is 0 Å². The number of anilines is 2. The molecule has 0 bridgehead atoms. The van der Waals surface area contributed by atoms with Crippen LogP contribution < -0.4 is 9.80 Å². The van der Waals surface area contributed by atoms with Gasteiger partial charge in [0.1, 0.15) is 5.69 Å². The number of aryl methyl sites for hydroxylation is 1. The number of hydrogen-bond acceptors (Lipinski definition) is 2. The summed E-state index contributed by atoms with van der Waals surface area (Å²) in [4.78, 5) is 17.0. The lowest BCUT2D eigenvalue weighted by atomic mass is 10.1. The molecule has 4 nitrogen and oxygen atoms in total. The molecule has 2 heterocycles. The summed E-state index contributed by atoms with van der Waals surface area (Å²) in [7, 11) is 2.06. The Bertz CT molecular complexity index is 680. The minimum atomic E-state index is 0.0584. The molecule has 0 atom stereocenters. The number of fused-ring (bicyclic) bond motifs is 1. The molecule has 2 aromatic rings. The Morgan fingerprint density at radius 1 is 1.24 bits per heavy atom. The van der Waals surface area contributed by atoms with Crippen molar-refractivity contribution in [2.45, 2.75) is 13.5 Å². The number of amides is 1. The van der Waals surface area contributed by atoms with Crippen molar-refractivity contribution >= 4 is 33.2 Å². The molecule has 1 aliphatic rings. The van der Waals surface area contributed by atoms with Crippen molar-refractivity contribution < 1.29 is 4.79 Å². The van der Waals surface area contributed by atoms with Gasteiger partial charge in [-0.25, -0.2) is 0 Å². The predicted molar refractivity (Wildman–Crippen MR) is 89.2 cm³/mol. The quantitative estimate of drug-likeness (QED) is 0.833. The molecule has 0 N–H and O–H groups in total. The Labute approximate surface area is 133 Å². The summed E-state index contributed by atoms with van der Waals surface area (Å²) >= 11 is 3.46. The Balaban J connectivity index is 2.01. The molecule has 1 amide bonds. The third kappa shape index (κ3) is 2.46. The lowest BCUT2D eigenvalue weighted by molar-refractivity contribution is 0.0978. The van der Waals surface area contributed by atoms with E-state index in [1.54, 1.807) is 0 Å². The van der Waals surface area contributed by atoms with Gasteiger partial charge in [-0.15, -0.1) is 0 Å². The maximum absolute atomic E-state index is 12.9. The molecule has 1 aliphatic heterocycles. The molecule has 3 rings (SSSR count). The molecule has 0 saturated heterocycles. The molecule has 0 fully saturated rings. The Morgan fingerprint density at radius 2 is 1.95 bits per heavy atom. The first kappa shape index (κ1) is 14.2. The Hall–Kier alpha value is -1.75. The largest absolute Gasteiger partial charge is 0.371 e. The SMILES string of the molecule is CCn1cc(Br)cc1C(=O)N1CCN(C)c2ccccc21. The summed E-state index contributed by atoms with van der Waals surface area (Å²) in [5.41, 5.74) is 2.81. The van der Waals surface area contributed by atoms with Crippen LogP contribution >= 0.6 is 15.9 Å². The fourth-order valence-electron chi connectivity index (χ4n) is 2.77. The van der Waals surface area contributed by atoms with Crippen LogP contribution in [0.1, 0.15) is 17.4 Å². The first-order valence-electron chi connectivity index (χ1n) is 7.09. The van der Waals surface area contributed by atoms with Crippen molar-refractivity contribution in [3.8, 4) is 0 Å². The zero-order valence-electron chi connectivity index (χ0n) is 12.2. The molecule has 1 aromatic carbocycles. The average Bonchev–Trinajstić information content (AvgIpc) is 2.88. The summed E-state index contributed by atoms with van der Waals surface area (Å²) in [6, 6.07) is 9.95. The van der Waals surface area contributed by atoms with E-state index in [0.717, 1.165) is 34.6 Å². The molecule has 0 unspecified atom stereocenters. The fourth-order valence-corrected chi connectivity index (χ4v) is 3.23. The first-order valence-corrected chi connectivity index (χ1v) is 7.89. The molecule has 0 spiro atoms. The van der Waals surface area contributed by atoms with Gasteiger partial charge >= 0.3 is 0 Å². The van der Waals surface area contributed by atoms with Crippen molar-refractivity contribution in [2.75, 3.05) is 29.9 Å². The smallest absolute Gasteiger partial charge is 0.275 e. The lowest BCUT2D eigenvalue weighted by Gasteiger charge is -2.35. The van der Waals surface area contributed by atoms with Gasteiger partial charge in [-0.05, 0) is 41.1 Å². The standard InChI is InChI=1S/C16H18BrN3O/c1-3-19-11-12(17)10-15(19)16(21)20-9-8-18(2)13-6-4-5-7-14(13)20/h4-7,10-11H,3,8-9H2,1-2H3. The van der Waals surface area contributed by atoms with Crippen LogP contribution in [-0.2, 0) is 6.54 Å². The molecule has 5 heteroatoms. The summed E-state index contributed by atoms with van der Waals surface area (Å²) in [5, 5.41) is 0. The maximum atomic E-state index is 12.9. The van der Waals surface area contributed by atoms with Gasteiger partial charge in [-0.3, -0.25) is 4.79 Å². The van der Waals surface area contributed by atoms with Gasteiger partial charge in [0.2, 0.25) is 0 Å². The van der Waals surface area contributed by atoms with Gasteiger partial charge in [0.15, 0.2) is 0 Å². The van der Waals surface area contributed by atoms with Gasteiger partial charge in [-0.2, -0.15) is 0 Å². The second-order valence-corrected chi connectivity index (χ2v) is 6.11. The number of aromatic nitrogens is 1. The number of benzene rings is 1. The van der Waals surface area contributed by atoms with E-state index in [4.69, 9.17) is 0 Å². The van der Waals surface area contributed by atoms with E-state index >= 15 is 0 Å². The van der Waals surface area contributed by atoms with Crippen LogP contribution in [-0.4, -0.2) is 30.6 Å². The first-order chi connectivity index (χ1) is 10.1. The lowest BCUT2D eigenvalue weighted by Crippen LogP contribution is -2.43. The van der Waals surface area contributed by atoms with Crippen molar-refractivity contribution in [2.24, 2.45) is 0 Å². The third-order valence-corrected chi connectivity index (χ3v) is 4.34. The van der Waals surface area contributed by atoms with E-state index in [-0.39, 0.29) is 5.91 Å². The number of carbonyl (C=O) groups excluding carboxylic acids is 1. The Morgan fingerprint density at radius 3 is 2.67 bits per heavy atom. The number of nitrogens with zero attached hydrogens (tertiary/aromatic N) is 3. The maximum Gasteiger partial charge on any atom is 0.275 e. The van der Waals surface area contributed by atoms with Crippen molar-refractivity contribution in [3.05, 3.63) is 46.7 Å². The summed E-state index contributed by atoms with van der Waals surface area (Å²) in [5.74, 6) is 0.0584. The van der Waals surface area contributed by atoms with Crippen LogP contribution in [0.25, 0.3) is 0 Å². The molecule has 21 heavy (non-hydrogen) atoms. The Kier molecular flexibility index (Phi) is 3.76. The number of rotatable bonds is 2. The second-order valence-electron chi connectivity index (χ2n) is 5.20. The van der Waals surface area contributed by atoms with Gasteiger partial charge < -0.3 is 14.4 Å². The highest BCUT2D eigenvalue weighted by Crippen LogP contribution is 2.33. The van der Waals surface area contributed by atoms with E-state index < -0.39 is 0 Å². The van der Waals surface area contributed by atoms with Crippen LogP contribution in [0.4, 0.5) is 11.4 Å². The van der Waals surface area contributed by atoms with Crippen molar-refractivity contribution in [1.82, 2.24) is 4.57 Å². The van der Waals surface area contributed by atoms with Crippen LogP contribution in [0.3, 0.4) is 0 Å². The topological polar surface area (TPSA) is 28.5 Å². The molecule has 0 saturated carbocycles. The zero-order valence-corrected chi connectivity index (χ0v) is 13.8. The summed E-state index contributed by atoms with van der Waals surface area (Å²) < 4.78 is 2.92. The average molecular weight is 348 g/mol. The molecule has 0 aliphatic carbocycles. The van der Waals surface area contributed by atoms with Gasteiger partial charge in [0, 0.05) is 37.4 Å². The zero-order chi connectivity index (χ0) is 15.0. The van der Waals surface area contributed by atoms with Gasteiger partial charge in [0.25, 0.3) is 5.91 Å². The molecule has 0 radical (unpaired) electrons. The highest BCUT2D eigenvalue weighted by atomic mass is 79.9. The summed E-state index contributed by atoms with van der Waals surface area (Å²) in [6.07, 6.45) is 1.95. The van der Waals surface area contributed by atoms with Crippen molar-refractivity contribution in [3.63, 3.8) is 0 Å². The van der Waals surface area contributed by atoms with E-state index in [1.807, 2.05) is 46.9 Å². The highest BCUT2D eigenvalue weighted by Gasteiger charge is 2.27. The predicted octanol–water partition coefficient (Wildman–Crippen LogP) is 3.37. The minimum Gasteiger partial charge on any atom is -0.371 e. The van der Waals surface area contributed by atoms with E-state index in [0.29, 0.717) is 6.54 Å². The van der Waals surface area contributed by atoms with Gasteiger partial charge in [0.05, 0.1) is 11.4 Å². The second kappa shape index (κ2) is 5.56. The number of halogens is 1. The summed E-state index contributed by atoms with van der Waals surface area (Å²) in [6.45, 7) is 4.37. The normalized spacial score (nSPS) is 14.2. The highest BCUT2D eigenvalue weighted by molar-refractivity contribution is 9.10. The van der Waals surface area contributed by atoms with E-state index in [1.165, 1.54) is 0 Å². The van der Waals surface area contributed by atoms with E-state index in [2.05, 4.69) is 33.9 Å². The van der Waals surface area contributed by atoms with Crippen LogP contribution in [0.5, 0.6) is 0 Å². The van der Waals surface area contributed by atoms with Crippen molar-refractivity contribution in [1.29, 1.82) is 0 Å². The van der Waals surface area contributed by atoms with Crippen LogP contribution in [0.15, 0.2) is 41.0 Å².